The summed E-state index contributed by atoms with van der Waals surface area (Å²) in [4.78, 5) is 25.1. The molecule has 0 aromatic heterocycles. The van der Waals surface area contributed by atoms with Crippen molar-refractivity contribution in [2.45, 2.75) is 6.92 Å². The van der Waals surface area contributed by atoms with E-state index in [-0.39, 0.29) is 22.6 Å². The fourth-order valence-corrected chi connectivity index (χ4v) is 2.73. The molecule has 0 aliphatic rings. The van der Waals surface area contributed by atoms with Crippen LogP contribution in [0.5, 0.6) is 11.5 Å². The molecule has 134 valence electrons. The fourth-order valence-electron chi connectivity index (χ4n) is 2.73. The van der Waals surface area contributed by atoms with Crippen molar-refractivity contribution < 1.29 is 19.8 Å². The number of phenolic OH excluding ortho intramolecular Hbond substituents is 2. The Bertz CT molecular complexity index is 1030. The first kappa shape index (κ1) is 18.1. The third kappa shape index (κ3) is 3.96. The Morgan fingerprint density at radius 1 is 0.815 bits per heavy atom. The molecule has 0 aliphatic heterocycles. The van der Waals surface area contributed by atoms with Gasteiger partial charge in [-0.1, -0.05) is 60.7 Å². The number of phenols is 2. The molecular formula is C23H18O4. The predicted molar refractivity (Wildman–Crippen MR) is 104 cm³/mol. The average Bonchev–Trinajstić information content (AvgIpc) is 2.67. The van der Waals surface area contributed by atoms with Crippen LogP contribution in [-0.4, -0.2) is 21.8 Å². The van der Waals surface area contributed by atoms with Gasteiger partial charge in [0.15, 0.2) is 11.6 Å². The summed E-state index contributed by atoms with van der Waals surface area (Å²) >= 11 is 0. The molecule has 2 N–H and O–H groups in total. The van der Waals surface area contributed by atoms with Gasteiger partial charge in [0.2, 0.25) is 0 Å². The number of carbonyl (C=O) groups excluding carboxylic acids is 2. The molecule has 3 rings (SSSR count). The molecule has 0 amide bonds. The van der Waals surface area contributed by atoms with E-state index in [9.17, 15) is 19.8 Å². The number of rotatable bonds is 5. The highest BCUT2D eigenvalue weighted by Gasteiger charge is 2.19. The molecule has 0 unspecified atom stereocenters. The summed E-state index contributed by atoms with van der Waals surface area (Å²) in [5.41, 5.74) is 2.19. The number of benzene rings is 3. The van der Waals surface area contributed by atoms with Gasteiger partial charge in [-0.25, -0.2) is 0 Å². The van der Waals surface area contributed by atoms with Crippen LogP contribution in [0, 0.1) is 6.92 Å². The molecule has 27 heavy (non-hydrogen) atoms. The molecule has 3 aromatic carbocycles. The highest BCUT2D eigenvalue weighted by atomic mass is 16.3. The van der Waals surface area contributed by atoms with E-state index in [0.717, 1.165) is 17.2 Å². The van der Waals surface area contributed by atoms with Crippen LogP contribution in [0.1, 0.15) is 37.4 Å². The lowest BCUT2D eigenvalue weighted by Gasteiger charge is -2.08. The van der Waals surface area contributed by atoms with Crippen molar-refractivity contribution >= 4 is 17.6 Å². The number of hydrogen-bond acceptors (Lipinski definition) is 4. The summed E-state index contributed by atoms with van der Waals surface area (Å²) in [5.74, 6) is -1.64. The normalized spacial score (nSPS) is 10.9. The number of carbonyl (C=O) groups is 2. The molecule has 0 saturated carbocycles. The van der Waals surface area contributed by atoms with E-state index in [1.807, 2.05) is 31.2 Å². The van der Waals surface area contributed by atoms with Gasteiger partial charge in [0, 0.05) is 11.6 Å². The van der Waals surface area contributed by atoms with Gasteiger partial charge < -0.3 is 10.2 Å². The molecule has 0 aliphatic carbocycles. The Labute approximate surface area is 157 Å². The van der Waals surface area contributed by atoms with Crippen LogP contribution < -0.4 is 0 Å². The lowest BCUT2D eigenvalue weighted by atomic mass is 9.97. The molecule has 4 nitrogen and oxygen atoms in total. The van der Waals surface area contributed by atoms with Crippen molar-refractivity contribution in [3.8, 4) is 11.5 Å². The fraction of sp³-hybridized carbons (Fsp3) is 0.0435. The minimum atomic E-state index is -0.460. The molecule has 0 saturated heterocycles. The Kier molecular flexibility index (Phi) is 5.18. The van der Waals surface area contributed by atoms with Crippen LogP contribution in [0.3, 0.4) is 0 Å². The number of hydrogen-bond donors (Lipinski definition) is 2. The first-order chi connectivity index (χ1) is 13.0. The van der Waals surface area contributed by atoms with Crippen molar-refractivity contribution in [3.63, 3.8) is 0 Å². The maximum atomic E-state index is 12.6. The van der Waals surface area contributed by atoms with E-state index < -0.39 is 11.6 Å². The van der Waals surface area contributed by atoms with Crippen LogP contribution in [0.2, 0.25) is 0 Å². The average molecular weight is 358 g/mol. The summed E-state index contributed by atoms with van der Waals surface area (Å²) in [6.45, 7) is 1.93. The maximum absolute atomic E-state index is 12.6. The zero-order chi connectivity index (χ0) is 19.4. The van der Waals surface area contributed by atoms with Crippen molar-refractivity contribution in [2.24, 2.45) is 0 Å². The zero-order valence-electron chi connectivity index (χ0n) is 14.7. The second kappa shape index (κ2) is 7.70. The van der Waals surface area contributed by atoms with E-state index in [0.29, 0.717) is 5.56 Å². The summed E-state index contributed by atoms with van der Waals surface area (Å²) in [6, 6.07) is 18.3. The van der Waals surface area contributed by atoms with E-state index in [1.54, 1.807) is 36.4 Å². The van der Waals surface area contributed by atoms with Gasteiger partial charge in [0.05, 0.1) is 11.1 Å². The zero-order valence-corrected chi connectivity index (χ0v) is 14.7. The molecule has 0 radical (unpaired) electrons. The van der Waals surface area contributed by atoms with Crippen molar-refractivity contribution in [1.29, 1.82) is 0 Å². The van der Waals surface area contributed by atoms with Gasteiger partial charge in [-0.3, -0.25) is 9.59 Å². The summed E-state index contributed by atoms with van der Waals surface area (Å²) in [6.07, 6.45) is 2.99. The first-order valence-corrected chi connectivity index (χ1v) is 8.41. The van der Waals surface area contributed by atoms with E-state index in [4.69, 9.17) is 0 Å². The molecule has 0 spiro atoms. The van der Waals surface area contributed by atoms with Gasteiger partial charge >= 0.3 is 0 Å². The summed E-state index contributed by atoms with van der Waals surface area (Å²) in [5, 5.41) is 20.1. The second-order valence-corrected chi connectivity index (χ2v) is 6.14. The Morgan fingerprint density at radius 3 is 2.15 bits per heavy atom. The van der Waals surface area contributed by atoms with Gasteiger partial charge in [0.25, 0.3) is 0 Å². The van der Waals surface area contributed by atoms with Crippen molar-refractivity contribution in [3.05, 3.63) is 101 Å². The standard InChI is InChI=1S/C23H18O4/c1-15-7-5-6-8-16(15)11-12-20(24)18-13-19(22(26)14-21(18)25)23(27)17-9-3-2-4-10-17/h2-14,25-26H,1H3. The molecular weight excluding hydrogens is 340 g/mol. The largest absolute Gasteiger partial charge is 0.507 e. The lowest BCUT2D eigenvalue weighted by molar-refractivity contribution is 0.103. The maximum Gasteiger partial charge on any atom is 0.196 e. The smallest absolute Gasteiger partial charge is 0.196 e. The van der Waals surface area contributed by atoms with Crippen molar-refractivity contribution in [2.75, 3.05) is 0 Å². The van der Waals surface area contributed by atoms with Crippen LogP contribution in [0.4, 0.5) is 0 Å². The van der Waals surface area contributed by atoms with Crippen LogP contribution in [0.15, 0.2) is 72.8 Å². The quantitative estimate of drug-likeness (QED) is 0.519. The Hall–Kier alpha value is -3.66. The van der Waals surface area contributed by atoms with Gasteiger partial charge in [-0.15, -0.1) is 0 Å². The SMILES string of the molecule is Cc1ccccc1C=CC(=O)c1cc(C(=O)c2ccccc2)c(O)cc1O. The monoisotopic (exact) mass is 358 g/mol. The third-order valence-electron chi connectivity index (χ3n) is 4.26. The summed E-state index contributed by atoms with van der Waals surface area (Å²) in [7, 11) is 0. The molecule has 4 heteroatoms. The molecule has 0 bridgehead atoms. The van der Waals surface area contributed by atoms with Gasteiger partial charge in [-0.2, -0.15) is 0 Å². The lowest BCUT2D eigenvalue weighted by Crippen LogP contribution is -2.04. The van der Waals surface area contributed by atoms with E-state index in [1.165, 1.54) is 12.1 Å². The van der Waals surface area contributed by atoms with Crippen LogP contribution in [0.25, 0.3) is 6.08 Å². The van der Waals surface area contributed by atoms with Crippen LogP contribution in [-0.2, 0) is 0 Å². The van der Waals surface area contributed by atoms with E-state index >= 15 is 0 Å². The minimum Gasteiger partial charge on any atom is -0.507 e. The third-order valence-corrected chi connectivity index (χ3v) is 4.26. The number of allylic oxidation sites excluding steroid dienone is 1. The highest BCUT2D eigenvalue weighted by molar-refractivity contribution is 6.14. The molecule has 3 aromatic rings. The topological polar surface area (TPSA) is 74.6 Å². The highest BCUT2D eigenvalue weighted by Crippen LogP contribution is 2.30. The molecule has 0 fully saturated rings. The van der Waals surface area contributed by atoms with Gasteiger partial charge in [0.1, 0.15) is 11.5 Å². The first-order valence-electron chi connectivity index (χ1n) is 8.41. The van der Waals surface area contributed by atoms with Crippen LogP contribution >= 0.6 is 0 Å². The summed E-state index contributed by atoms with van der Waals surface area (Å²) < 4.78 is 0. The number of aromatic hydroxyl groups is 2. The van der Waals surface area contributed by atoms with E-state index in [2.05, 4.69) is 0 Å². The number of aryl methyl sites for hydroxylation is 1. The minimum absolute atomic E-state index is 0.0355. The Balaban J connectivity index is 1.95. The molecule has 0 heterocycles. The molecule has 0 atom stereocenters. The predicted octanol–water partition coefficient (Wildman–Crippen LogP) is 4.53. The van der Waals surface area contributed by atoms with Crippen molar-refractivity contribution in [1.82, 2.24) is 0 Å². The number of ketones is 2. The van der Waals surface area contributed by atoms with Gasteiger partial charge in [-0.05, 0) is 30.2 Å². The second-order valence-electron chi connectivity index (χ2n) is 6.14. The Morgan fingerprint density at radius 2 is 1.44 bits per heavy atom.